The molecule has 6 heteroatoms. The van der Waals surface area contributed by atoms with Gasteiger partial charge in [0.2, 0.25) is 0 Å². The van der Waals surface area contributed by atoms with Gasteiger partial charge in [0.15, 0.2) is 0 Å². The van der Waals surface area contributed by atoms with Crippen LogP contribution in [0.25, 0.3) is 0 Å². The summed E-state index contributed by atoms with van der Waals surface area (Å²) in [4.78, 5) is 13.7. The number of carbonyl (C=O) groups is 1. The topological polar surface area (TPSA) is 32.3 Å². The first-order valence-electron chi connectivity index (χ1n) is 5.67. The van der Waals surface area contributed by atoms with E-state index in [0.29, 0.717) is 19.6 Å². The third-order valence-corrected chi connectivity index (χ3v) is 3.44. The van der Waals surface area contributed by atoms with Crippen molar-refractivity contribution >= 4 is 21.8 Å². The lowest BCUT2D eigenvalue weighted by atomic mass is 10.1. The monoisotopic (exact) mass is 318 g/mol. The van der Waals surface area contributed by atoms with E-state index in [9.17, 15) is 13.6 Å². The van der Waals surface area contributed by atoms with Gasteiger partial charge >= 0.3 is 0 Å². The van der Waals surface area contributed by atoms with E-state index >= 15 is 0 Å². The number of carbonyl (C=O) groups excluding carboxylic acids is 1. The summed E-state index contributed by atoms with van der Waals surface area (Å²) in [5.74, 6) is -2.26. The van der Waals surface area contributed by atoms with Gasteiger partial charge in [0.25, 0.3) is 5.91 Å². The van der Waals surface area contributed by atoms with Crippen LogP contribution >= 0.6 is 15.9 Å². The third kappa shape index (κ3) is 2.54. The number of piperazine rings is 1. The number of nitrogens with zero attached hydrogens (tertiary/aromatic N) is 1. The van der Waals surface area contributed by atoms with Gasteiger partial charge in [0.05, 0.1) is 0 Å². The zero-order valence-electron chi connectivity index (χ0n) is 9.84. The number of benzene rings is 1. The number of halogens is 3. The molecule has 1 heterocycles. The molecule has 1 aromatic carbocycles. The Bertz CT molecular complexity index is 458. The van der Waals surface area contributed by atoms with Crippen LogP contribution in [-0.4, -0.2) is 36.5 Å². The Morgan fingerprint density at radius 1 is 1.44 bits per heavy atom. The van der Waals surface area contributed by atoms with Gasteiger partial charge in [-0.05, 0) is 19.1 Å². The summed E-state index contributed by atoms with van der Waals surface area (Å²) in [7, 11) is 0. The van der Waals surface area contributed by atoms with E-state index in [0.717, 1.165) is 12.1 Å². The van der Waals surface area contributed by atoms with Crippen LogP contribution in [0.2, 0.25) is 0 Å². The molecule has 2 rings (SSSR count). The summed E-state index contributed by atoms with van der Waals surface area (Å²) < 4.78 is 27.7. The molecule has 1 fully saturated rings. The van der Waals surface area contributed by atoms with Crippen molar-refractivity contribution in [2.75, 3.05) is 19.6 Å². The molecule has 3 nitrogen and oxygen atoms in total. The molecule has 1 aliphatic rings. The molecule has 1 N–H and O–H groups in total. The van der Waals surface area contributed by atoms with E-state index in [2.05, 4.69) is 21.2 Å². The SMILES string of the molecule is C[C@@H]1CNCCN1C(=O)c1c(F)cc(Br)cc1F. The van der Waals surface area contributed by atoms with Gasteiger partial charge in [-0.1, -0.05) is 15.9 Å². The van der Waals surface area contributed by atoms with Crippen molar-refractivity contribution in [1.29, 1.82) is 0 Å². The Balaban J connectivity index is 2.33. The number of amides is 1. The molecule has 1 atom stereocenters. The van der Waals surface area contributed by atoms with Gasteiger partial charge in [-0.25, -0.2) is 8.78 Å². The highest BCUT2D eigenvalue weighted by molar-refractivity contribution is 9.10. The second kappa shape index (κ2) is 5.32. The summed E-state index contributed by atoms with van der Waals surface area (Å²) in [6.07, 6.45) is 0. The molecule has 0 aromatic heterocycles. The summed E-state index contributed by atoms with van der Waals surface area (Å²) in [6, 6.07) is 2.13. The van der Waals surface area contributed by atoms with Gasteiger partial charge in [0, 0.05) is 30.1 Å². The minimum Gasteiger partial charge on any atom is -0.333 e. The van der Waals surface area contributed by atoms with Crippen molar-refractivity contribution in [3.8, 4) is 0 Å². The standard InChI is InChI=1S/C12H13BrF2N2O/c1-7-6-16-2-3-17(7)12(18)11-9(14)4-8(13)5-10(11)15/h4-5,7,16H,2-3,6H2,1H3/t7-/m1/s1. The van der Waals surface area contributed by atoms with Crippen LogP contribution < -0.4 is 5.32 Å². The van der Waals surface area contributed by atoms with E-state index in [4.69, 9.17) is 0 Å². The molecule has 1 amide bonds. The van der Waals surface area contributed by atoms with Crippen molar-refractivity contribution in [3.63, 3.8) is 0 Å². The van der Waals surface area contributed by atoms with Crippen LogP contribution in [-0.2, 0) is 0 Å². The minimum atomic E-state index is -0.836. The number of nitrogens with one attached hydrogen (secondary N) is 1. The normalized spacial score (nSPS) is 20.0. The van der Waals surface area contributed by atoms with Crippen molar-refractivity contribution in [2.45, 2.75) is 13.0 Å². The predicted octanol–water partition coefficient (Wildman–Crippen LogP) is 2.16. The fraction of sp³-hybridized carbons (Fsp3) is 0.417. The molecule has 0 spiro atoms. The van der Waals surface area contributed by atoms with Crippen molar-refractivity contribution in [1.82, 2.24) is 10.2 Å². The second-order valence-corrected chi connectivity index (χ2v) is 5.21. The number of hydrogen-bond acceptors (Lipinski definition) is 2. The third-order valence-electron chi connectivity index (χ3n) is 2.98. The van der Waals surface area contributed by atoms with Crippen LogP contribution in [0.1, 0.15) is 17.3 Å². The summed E-state index contributed by atoms with van der Waals surface area (Å²) in [5.41, 5.74) is -0.480. The Kier molecular flexibility index (Phi) is 3.97. The van der Waals surface area contributed by atoms with E-state index < -0.39 is 23.1 Å². The summed E-state index contributed by atoms with van der Waals surface area (Å²) >= 11 is 2.99. The summed E-state index contributed by atoms with van der Waals surface area (Å²) in [5, 5.41) is 3.12. The van der Waals surface area contributed by atoms with Crippen LogP contribution in [0.3, 0.4) is 0 Å². The van der Waals surface area contributed by atoms with Crippen LogP contribution in [0.15, 0.2) is 16.6 Å². The Labute approximate surface area is 112 Å². The second-order valence-electron chi connectivity index (χ2n) is 4.30. The molecule has 18 heavy (non-hydrogen) atoms. The maximum Gasteiger partial charge on any atom is 0.260 e. The molecule has 1 aliphatic heterocycles. The van der Waals surface area contributed by atoms with E-state index in [-0.39, 0.29) is 10.5 Å². The zero-order chi connectivity index (χ0) is 13.3. The Morgan fingerprint density at radius 3 is 2.61 bits per heavy atom. The fourth-order valence-corrected chi connectivity index (χ4v) is 2.43. The van der Waals surface area contributed by atoms with E-state index in [1.54, 1.807) is 0 Å². The Hall–Kier alpha value is -1.01. The quantitative estimate of drug-likeness (QED) is 0.860. The highest BCUT2D eigenvalue weighted by atomic mass is 79.9. The fourth-order valence-electron chi connectivity index (χ4n) is 2.03. The first-order valence-corrected chi connectivity index (χ1v) is 6.46. The summed E-state index contributed by atoms with van der Waals surface area (Å²) in [6.45, 7) is 3.56. The molecule has 1 saturated heterocycles. The maximum absolute atomic E-state index is 13.7. The molecule has 0 radical (unpaired) electrons. The van der Waals surface area contributed by atoms with Crippen molar-refractivity contribution in [3.05, 3.63) is 33.8 Å². The lowest BCUT2D eigenvalue weighted by molar-refractivity contribution is 0.0645. The number of hydrogen-bond donors (Lipinski definition) is 1. The van der Waals surface area contributed by atoms with E-state index in [1.165, 1.54) is 4.90 Å². The van der Waals surface area contributed by atoms with Crippen LogP contribution in [0, 0.1) is 11.6 Å². The molecule has 1 aromatic rings. The van der Waals surface area contributed by atoms with Crippen LogP contribution in [0.5, 0.6) is 0 Å². The van der Waals surface area contributed by atoms with Gasteiger partial charge in [-0.2, -0.15) is 0 Å². The minimum absolute atomic E-state index is 0.0753. The van der Waals surface area contributed by atoms with Gasteiger partial charge in [-0.3, -0.25) is 4.79 Å². The molecule has 0 bridgehead atoms. The highest BCUT2D eigenvalue weighted by Gasteiger charge is 2.28. The van der Waals surface area contributed by atoms with Gasteiger partial charge in [-0.15, -0.1) is 0 Å². The van der Waals surface area contributed by atoms with Gasteiger partial charge < -0.3 is 10.2 Å². The average molecular weight is 319 g/mol. The molecule has 0 saturated carbocycles. The predicted molar refractivity (Wildman–Crippen MR) is 67.4 cm³/mol. The molecule has 0 unspecified atom stereocenters. The lowest BCUT2D eigenvalue weighted by Crippen LogP contribution is -2.52. The molecular weight excluding hydrogens is 306 g/mol. The first-order chi connectivity index (χ1) is 8.50. The van der Waals surface area contributed by atoms with Crippen molar-refractivity contribution in [2.24, 2.45) is 0 Å². The molecule has 0 aliphatic carbocycles. The first kappa shape index (κ1) is 13.4. The molecular formula is C12H13BrF2N2O. The van der Waals surface area contributed by atoms with Crippen molar-refractivity contribution < 1.29 is 13.6 Å². The maximum atomic E-state index is 13.7. The molecule has 98 valence electrons. The van der Waals surface area contributed by atoms with Gasteiger partial charge in [0.1, 0.15) is 17.2 Å². The average Bonchev–Trinajstić information content (AvgIpc) is 2.27. The van der Waals surface area contributed by atoms with E-state index in [1.807, 2.05) is 6.92 Å². The largest absolute Gasteiger partial charge is 0.333 e. The zero-order valence-corrected chi connectivity index (χ0v) is 11.4. The van der Waals surface area contributed by atoms with Crippen LogP contribution in [0.4, 0.5) is 8.78 Å². The highest BCUT2D eigenvalue weighted by Crippen LogP contribution is 2.22. The Morgan fingerprint density at radius 2 is 2.06 bits per heavy atom. The smallest absolute Gasteiger partial charge is 0.260 e. The number of rotatable bonds is 1. The lowest BCUT2D eigenvalue weighted by Gasteiger charge is -2.34.